The van der Waals surface area contributed by atoms with Crippen molar-refractivity contribution >= 4 is 0 Å². The number of hydrogen-bond donors (Lipinski definition) is 0. The Kier molecular flexibility index (Phi) is 24.7. The lowest BCUT2D eigenvalue weighted by atomic mass is 10.3. The van der Waals surface area contributed by atoms with Crippen molar-refractivity contribution in [2.45, 2.75) is 54.9 Å². The highest BCUT2D eigenvalue weighted by Gasteiger charge is 1.73. The Bertz CT molecular complexity index is 214. The van der Waals surface area contributed by atoms with E-state index in [4.69, 9.17) is 0 Å². The highest BCUT2D eigenvalue weighted by molar-refractivity contribution is 4.99. The van der Waals surface area contributed by atoms with E-state index in [1.54, 1.807) is 6.20 Å². The molecule has 0 unspecified atom stereocenters. The zero-order chi connectivity index (χ0) is 13.4. The van der Waals surface area contributed by atoms with Gasteiger partial charge in [0.25, 0.3) is 0 Å². The lowest BCUT2D eigenvalue weighted by molar-refractivity contribution is 1.11. The molecule has 1 nitrogen and oxygen atoms in total. The summed E-state index contributed by atoms with van der Waals surface area (Å²) in [6.07, 6.45) is 2.90. The van der Waals surface area contributed by atoms with E-state index in [1.165, 1.54) is 5.57 Å². The first-order valence-corrected chi connectivity index (χ1v) is 6.18. The first kappa shape index (κ1) is 20.3. The summed E-state index contributed by atoms with van der Waals surface area (Å²) in [6, 6.07) is 5.86. The summed E-state index contributed by atoms with van der Waals surface area (Å²) in [6.45, 7) is 17.8. The maximum Gasteiger partial charge on any atom is 0.0372 e. The molecule has 0 aromatic carbocycles. The second kappa shape index (κ2) is 19.5. The van der Waals surface area contributed by atoms with E-state index in [0.717, 1.165) is 12.1 Å². The van der Waals surface area contributed by atoms with E-state index in [2.05, 4.69) is 18.5 Å². The van der Waals surface area contributed by atoms with Crippen LogP contribution in [-0.2, 0) is 0 Å². The van der Waals surface area contributed by atoms with Crippen LogP contribution in [-0.4, -0.2) is 4.98 Å². The summed E-state index contributed by atoms with van der Waals surface area (Å²) < 4.78 is 0. The number of pyridine rings is 1. The van der Waals surface area contributed by atoms with E-state index < -0.39 is 0 Å². The van der Waals surface area contributed by atoms with E-state index in [-0.39, 0.29) is 0 Å². The summed E-state index contributed by atoms with van der Waals surface area (Å²) in [7, 11) is 0. The fraction of sp³-hybridized carbons (Fsp3) is 0.533. The predicted molar refractivity (Wildman–Crippen MR) is 76.8 cm³/mol. The Labute approximate surface area is 103 Å². The van der Waals surface area contributed by atoms with Crippen LogP contribution in [0.4, 0.5) is 0 Å². The van der Waals surface area contributed by atoms with E-state index >= 15 is 0 Å². The largest absolute Gasteiger partial charge is 0.262 e. The molecule has 0 saturated heterocycles. The summed E-state index contributed by atoms with van der Waals surface area (Å²) in [4.78, 5) is 3.98. The maximum absolute atomic E-state index is 3.98. The van der Waals surface area contributed by atoms with Gasteiger partial charge in [0.15, 0.2) is 0 Å². The SMILES string of the molecule is C=C(C)CC.CC.CC.Cc1ccccn1. The average Bonchev–Trinajstić information content (AvgIpc) is 2.36. The molecule has 0 aliphatic rings. The lowest BCUT2D eigenvalue weighted by Crippen LogP contribution is -1.72. The zero-order valence-corrected chi connectivity index (χ0v) is 12.2. The first-order valence-electron chi connectivity index (χ1n) is 6.18. The third-order valence-corrected chi connectivity index (χ3v) is 1.42. The van der Waals surface area contributed by atoms with Gasteiger partial charge in [0.05, 0.1) is 0 Å². The second-order valence-electron chi connectivity index (χ2n) is 2.78. The number of rotatable bonds is 1. The molecule has 0 fully saturated rings. The molecular weight excluding hydrogens is 194 g/mol. The third kappa shape index (κ3) is 23.1. The number of aromatic nitrogens is 1. The van der Waals surface area contributed by atoms with Crippen LogP contribution in [0.15, 0.2) is 36.5 Å². The minimum Gasteiger partial charge on any atom is -0.262 e. The predicted octanol–water partition coefficient (Wildman–Crippen LogP) is 5.41. The lowest BCUT2D eigenvalue weighted by Gasteiger charge is -1.82. The van der Waals surface area contributed by atoms with Gasteiger partial charge in [0, 0.05) is 11.9 Å². The van der Waals surface area contributed by atoms with Crippen molar-refractivity contribution in [3.05, 3.63) is 42.2 Å². The van der Waals surface area contributed by atoms with Gasteiger partial charge in [-0.15, -0.1) is 6.58 Å². The van der Waals surface area contributed by atoms with Crippen LogP contribution in [0.25, 0.3) is 0 Å². The van der Waals surface area contributed by atoms with E-state index in [1.807, 2.05) is 59.7 Å². The molecule has 0 atom stereocenters. The minimum absolute atomic E-state index is 1.07. The van der Waals surface area contributed by atoms with Crippen molar-refractivity contribution in [1.82, 2.24) is 4.98 Å². The molecule has 1 heterocycles. The molecule has 94 valence electrons. The number of hydrogen-bond acceptors (Lipinski definition) is 1. The smallest absolute Gasteiger partial charge is 0.0372 e. The molecule has 1 aromatic heterocycles. The summed E-state index contributed by atoms with van der Waals surface area (Å²) in [5.74, 6) is 0. The number of aryl methyl sites for hydroxylation is 1. The molecule has 0 bridgehead atoms. The quantitative estimate of drug-likeness (QED) is 0.580. The topological polar surface area (TPSA) is 12.9 Å². The summed E-state index contributed by atoms with van der Waals surface area (Å²) >= 11 is 0. The Morgan fingerprint density at radius 2 is 1.62 bits per heavy atom. The first-order chi connectivity index (χ1) is 7.66. The number of allylic oxidation sites excluding steroid dienone is 1. The van der Waals surface area contributed by atoms with Crippen molar-refractivity contribution < 1.29 is 0 Å². The molecule has 0 spiro atoms. The van der Waals surface area contributed by atoms with Gasteiger partial charge >= 0.3 is 0 Å². The molecule has 1 heteroatoms. The van der Waals surface area contributed by atoms with Crippen molar-refractivity contribution in [1.29, 1.82) is 0 Å². The highest BCUT2D eigenvalue weighted by Crippen LogP contribution is 1.88. The Hall–Kier alpha value is -1.11. The van der Waals surface area contributed by atoms with Crippen LogP contribution >= 0.6 is 0 Å². The Balaban J connectivity index is -0.000000167. The average molecular weight is 223 g/mol. The highest BCUT2D eigenvalue weighted by atomic mass is 14.6. The van der Waals surface area contributed by atoms with Gasteiger partial charge in [-0.1, -0.05) is 46.3 Å². The summed E-state index contributed by atoms with van der Waals surface area (Å²) in [5.41, 5.74) is 2.33. The van der Waals surface area contributed by atoms with Crippen molar-refractivity contribution in [3.8, 4) is 0 Å². The van der Waals surface area contributed by atoms with Crippen LogP contribution in [0.3, 0.4) is 0 Å². The third-order valence-electron chi connectivity index (χ3n) is 1.42. The van der Waals surface area contributed by atoms with Crippen LogP contribution in [0.1, 0.15) is 53.7 Å². The van der Waals surface area contributed by atoms with Crippen LogP contribution in [0.5, 0.6) is 0 Å². The molecule has 1 aromatic rings. The Morgan fingerprint density at radius 3 is 1.75 bits per heavy atom. The fourth-order valence-corrected chi connectivity index (χ4v) is 0.448. The molecule has 0 saturated carbocycles. The summed E-state index contributed by atoms with van der Waals surface area (Å²) in [5, 5.41) is 0. The molecule has 0 aliphatic carbocycles. The van der Waals surface area contributed by atoms with Crippen LogP contribution in [0, 0.1) is 6.92 Å². The monoisotopic (exact) mass is 223 g/mol. The van der Waals surface area contributed by atoms with Crippen molar-refractivity contribution in [2.75, 3.05) is 0 Å². The molecular formula is C15H29N. The van der Waals surface area contributed by atoms with Gasteiger partial charge in [-0.05, 0) is 32.4 Å². The maximum atomic E-state index is 3.98. The molecule has 16 heavy (non-hydrogen) atoms. The molecule has 0 amide bonds. The number of nitrogens with zero attached hydrogens (tertiary/aromatic N) is 1. The van der Waals surface area contributed by atoms with Gasteiger partial charge in [0.1, 0.15) is 0 Å². The Morgan fingerprint density at radius 1 is 1.19 bits per heavy atom. The zero-order valence-electron chi connectivity index (χ0n) is 12.2. The molecule has 1 rings (SSSR count). The van der Waals surface area contributed by atoms with Crippen molar-refractivity contribution in [3.63, 3.8) is 0 Å². The van der Waals surface area contributed by atoms with Gasteiger partial charge in [-0.3, -0.25) is 4.98 Å². The van der Waals surface area contributed by atoms with Crippen LogP contribution in [0.2, 0.25) is 0 Å². The second-order valence-corrected chi connectivity index (χ2v) is 2.78. The fourth-order valence-electron chi connectivity index (χ4n) is 0.448. The normalized spacial score (nSPS) is 6.94. The van der Waals surface area contributed by atoms with Gasteiger partial charge in [-0.25, -0.2) is 0 Å². The van der Waals surface area contributed by atoms with Crippen molar-refractivity contribution in [2.24, 2.45) is 0 Å². The van der Waals surface area contributed by atoms with Gasteiger partial charge in [0.2, 0.25) is 0 Å². The van der Waals surface area contributed by atoms with Gasteiger partial charge in [-0.2, -0.15) is 0 Å². The minimum atomic E-state index is 1.07. The van der Waals surface area contributed by atoms with E-state index in [9.17, 15) is 0 Å². The molecule has 0 radical (unpaired) electrons. The van der Waals surface area contributed by atoms with Crippen LogP contribution < -0.4 is 0 Å². The van der Waals surface area contributed by atoms with Gasteiger partial charge < -0.3 is 0 Å². The standard InChI is InChI=1S/C6H7N.C5H10.2C2H6/c1-6-4-2-3-5-7-6;1-4-5(2)3;2*1-2/h2-5H,1H3;2,4H2,1,3H3;2*1-2H3. The molecule has 0 aliphatic heterocycles. The molecule has 0 N–H and O–H groups in total. The van der Waals surface area contributed by atoms with E-state index in [0.29, 0.717) is 0 Å².